The lowest BCUT2D eigenvalue weighted by Gasteiger charge is -2.24. The summed E-state index contributed by atoms with van der Waals surface area (Å²) >= 11 is 1.61. The zero-order chi connectivity index (χ0) is 16.4. The Morgan fingerprint density at radius 2 is 2.00 bits per heavy atom. The number of hydrogen-bond acceptors (Lipinski definition) is 6. The summed E-state index contributed by atoms with van der Waals surface area (Å²) < 4.78 is 5.25. The second kappa shape index (κ2) is 6.57. The molecule has 1 unspecified atom stereocenters. The van der Waals surface area contributed by atoms with E-state index in [1.54, 1.807) is 24.6 Å². The fourth-order valence-electron chi connectivity index (χ4n) is 3.09. The van der Waals surface area contributed by atoms with Gasteiger partial charge in [0.2, 0.25) is 5.13 Å². The highest BCUT2D eigenvalue weighted by Gasteiger charge is 2.29. The highest BCUT2D eigenvalue weighted by Crippen LogP contribution is 2.39. The monoisotopic (exact) mass is 338 g/mol. The van der Waals surface area contributed by atoms with Crippen LogP contribution in [0.4, 0.5) is 5.13 Å². The fraction of sp³-hybridized carbons (Fsp3) is 0.278. The summed E-state index contributed by atoms with van der Waals surface area (Å²) in [4.78, 5) is 6.71. The Kier molecular flexibility index (Phi) is 4.13. The van der Waals surface area contributed by atoms with Gasteiger partial charge >= 0.3 is 0 Å². The van der Waals surface area contributed by atoms with Crippen molar-refractivity contribution in [2.75, 3.05) is 18.6 Å². The van der Waals surface area contributed by atoms with Crippen molar-refractivity contribution < 1.29 is 4.74 Å². The molecule has 2 aromatic heterocycles. The van der Waals surface area contributed by atoms with E-state index in [-0.39, 0.29) is 0 Å². The SMILES string of the molecule is COc1ccc(C2CCCN2c2nnc(-c3ccccn3)s2)cc1. The zero-order valence-electron chi connectivity index (χ0n) is 13.4. The molecule has 24 heavy (non-hydrogen) atoms. The van der Waals surface area contributed by atoms with Gasteiger partial charge in [0, 0.05) is 12.7 Å². The summed E-state index contributed by atoms with van der Waals surface area (Å²) in [7, 11) is 1.69. The van der Waals surface area contributed by atoms with Crippen LogP contribution in [-0.4, -0.2) is 28.8 Å². The van der Waals surface area contributed by atoms with Crippen LogP contribution >= 0.6 is 11.3 Å². The van der Waals surface area contributed by atoms with Crippen LogP contribution < -0.4 is 9.64 Å². The molecule has 1 aliphatic rings. The first-order valence-corrected chi connectivity index (χ1v) is 8.82. The van der Waals surface area contributed by atoms with Gasteiger partial charge in [-0.05, 0) is 42.7 Å². The van der Waals surface area contributed by atoms with Crippen LogP contribution in [-0.2, 0) is 0 Å². The Balaban J connectivity index is 1.60. The number of pyridine rings is 1. The van der Waals surface area contributed by atoms with Crippen molar-refractivity contribution in [3.63, 3.8) is 0 Å². The molecule has 0 saturated carbocycles. The standard InChI is InChI=1S/C18H18N4OS/c1-23-14-9-7-13(8-10-14)16-6-4-12-22(16)18-21-20-17(24-18)15-5-2-3-11-19-15/h2-3,5,7-11,16H,4,6,12H2,1H3. The van der Waals surface area contributed by atoms with E-state index in [1.807, 2.05) is 30.3 Å². The van der Waals surface area contributed by atoms with Crippen molar-refractivity contribution in [3.8, 4) is 16.5 Å². The van der Waals surface area contributed by atoms with Gasteiger partial charge < -0.3 is 9.64 Å². The van der Waals surface area contributed by atoms with Crippen LogP contribution in [0.5, 0.6) is 5.75 Å². The van der Waals surface area contributed by atoms with Crippen molar-refractivity contribution in [2.45, 2.75) is 18.9 Å². The van der Waals surface area contributed by atoms with Crippen LogP contribution in [0.1, 0.15) is 24.4 Å². The molecule has 0 aliphatic carbocycles. The van der Waals surface area contributed by atoms with E-state index in [0.29, 0.717) is 6.04 Å². The van der Waals surface area contributed by atoms with Gasteiger partial charge in [-0.2, -0.15) is 0 Å². The minimum atomic E-state index is 0.348. The van der Waals surface area contributed by atoms with E-state index in [9.17, 15) is 0 Å². The molecule has 4 rings (SSSR count). The molecular formula is C18H18N4OS. The fourth-order valence-corrected chi connectivity index (χ4v) is 3.99. The first kappa shape index (κ1) is 15.1. The Hall–Kier alpha value is -2.47. The van der Waals surface area contributed by atoms with Gasteiger partial charge in [-0.1, -0.05) is 29.5 Å². The number of benzene rings is 1. The lowest BCUT2D eigenvalue weighted by Crippen LogP contribution is -2.22. The summed E-state index contributed by atoms with van der Waals surface area (Å²) in [5.74, 6) is 0.886. The van der Waals surface area contributed by atoms with Crippen LogP contribution in [0.25, 0.3) is 10.7 Å². The third-order valence-electron chi connectivity index (χ3n) is 4.30. The molecule has 1 atom stereocenters. The lowest BCUT2D eigenvalue weighted by molar-refractivity contribution is 0.414. The van der Waals surface area contributed by atoms with E-state index >= 15 is 0 Å². The molecule has 0 radical (unpaired) electrons. The van der Waals surface area contributed by atoms with Gasteiger partial charge in [-0.25, -0.2) is 0 Å². The Bertz CT molecular complexity index is 803. The molecule has 0 amide bonds. The Labute approximate surface area is 145 Å². The number of anilines is 1. The summed E-state index contributed by atoms with van der Waals surface area (Å²) in [6, 6.07) is 14.5. The van der Waals surface area contributed by atoms with Gasteiger partial charge in [0.25, 0.3) is 0 Å². The molecule has 0 bridgehead atoms. The van der Waals surface area contributed by atoms with Crippen molar-refractivity contribution in [3.05, 3.63) is 54.2 Å². The average molecular weight is 338 g/mol. The third kappa shape index (κ3) is 2.85. The van der Waals surface area contributed by atoms with E-state index in [1.165, 1.54) is 5.56 Å². The Morgan fingerprint density at radius 1 is 1.12 bits per heavy atom. The minimum absolute atomic E-state index is 0.348. The molecule has 1 saturated heterocycles. The highest BCUT2D eigenvalue weighted by atomic mass is 32.1. The molecule has 1 aromatic carbocycles. The van der Waals surface area contributed by atoms with E-state index in [2.05, 4.69) is 32.2 Å². The first-order chi connectivity index (χ1) is 11.8. The summed E-state index contributed by atoms with van der Waals surface area (Å²) in [5, 5.41) is 10.6. The number of hydrogen-bond donors (Lipinski definition) is 0. The molecule has 1 fully saturated rings. The number of ether oxygens (including phenoxy) is 1. The molecule has 5 nitrogen and oxygen atoms in total. The largest absolute Gasteiger partial charge is 0.497 e. The van der Waals surface area contributed by atoms with Gasteiger partial charge in [0.1, 0.15) is 11.4 Å². The molecule has 0 spiro atoms. The van der Waals surface area contributed by atoms with Gasteiger partial charge in [-0.3, -0.25) is 4.98 Å². The summed E-state index contributed by atoms with van der Waals surface area (Å²) in [6.07, 6.45) is 4.08. The van der Waals surface area contributed by atoms with Crippen LogP contribution in [0.2, 0.25) is 0 Å². The van der Waals surface area contributed by atoms with E-state index < -0.39 is 0 Å². The molecule has 6 heteroatoms. The summed E-state index contributed by atoms with van der Waals surface area (Å²) in [5.41, 5.74) is 2.17. The Morgan fingerprint density at radius 3 is 2.75 bits per heavy atom. The van der Waals surface area contributed by atoms with Crippen LogP contribution in [0.15, 0.2) is 48.7 Å². The maximum atomic E-state index is 5.25. The predicted octanol–water partition coefficient (Wildman–Crippen LogP) is 3.95. The number of nitrogens with zero attached hydrogens (tertiary/aromatic N) is 4. The van der Waals surface area contributed by atoms with Crippen LogP contribution in [0, 0.1) is 0 Å². The highest BCUT2D eigenvalue weighted by molar-refractivity contribution is 7.18. The molecule has 3 aromatic rings. The number of aromatic nitrogens is 3. The minimum Gasteiger partial charge on any atom is -0.497 e. The van der Waals surface area contributed by atoms with E-state index in [0.717, 1.165) is 41.0 Å². The summed E-state index contributed by atoms with van der Waals surface area (Å²) in [6.45, 7) is 1.01. The second-order valence-corrected chi connectivity index (χ2v) is 6.69. The first-order valence-electron chi connectivity index (χ1n) is 8.00. The van der Waals surface area contributed by atoms with Crippen molar-refractivity contribution in [2.24, 2.45) is 0 Å². The van der Waals surface area contributed by atoms with Gasteiger partial charge in [-0.15, -0.1) is 10.2 Å². The van der Waals surface area contributed by atoms with Crippen molar-refractivity contribution in [1.29, 1.82) is 0 Å². The van der Waals surface area contributed by atoms with Crippen LogP contribution in [0.3, 0.4) is 0 Å². The van der Waals surface area contributed by atoms with Gasteiger partial charge in [0.15, 0.2) is 5.01 Å². The van der Waals surface area contributed by atoms with E-state index in [4.69, 9.17) is 4.74 Å². The maximum Gasteiger partial charge on any atom is 0.209 e. The predicted molar refractivity (Wildman–Crippen MR) is 95.5 cm³/mol. The topological polar surface area (TPSA) is 51.1 Å². The quantitative estimate of drug-likeness (QED) is 0.721. The number of methoxy groups -OCH3 is 1. The third-order valence-corrected chi connectivity index (χ3v) is 5.28. The second-order valence-electron chi connectivity index (χ2n) is 5.73. The van der Waals surface area contributed by atoms with Crippen molar-refractivity contribution >= 4 is 16.5 Å². The lowest BCUT2D eigenvalue weighted by atomic mass is 10.0. The molecular weight excluding hydrogens is 320 g/mol. The van der Waals surface area contributed by atoms with Gasteiger partial charge in [0.05, 0.1) is 13.2 Å². The molecule has 122 valence electrons. The molecule has 0 N–H and O–H groups in total. The molecule has 1 aliphatic heterocycles. The molecule has 3 heterocycles. The zero-order valence-corrected chi connectivity index (χ0v) is 14.2. The maximum absolute atomic E-state index is 5.25. The smallest absolute Gasteiger partial charge is 0.209 e. The average Bonchev–Trinajstić information content (AvgIpc) is 3.32. The number of rotatable bonds is 4. The van der Waals surface area contributed by atoms with Crippen molar-refractivity contribution in [1.82, 2.24) is 15.2 Å². The normalized spacial score (nSPS) is 17.2.